The van der Waals surface area contributed by atoms with Crippen LogP contribution in [0.5, 0.6) is 0 Å². The number of hydrogen-bond donors (Lipinski definition) is 2. The lowest BCUT2D eigenvalue weighted by Crippen LogP contribution is -2.23. The van der Waals surface area contributed by atoms with Gasteiger partial charge in [-0.25, -0.2) is 15.8 Å². The van der Waals surface area contributed by atoms with Gasteiger partial charge in [0.05, 0.1) is 5.25 Å². The normalized spacial score (nSPS) is 26.8. The summed E-state index contributed by atoms with van der Waals surface area (Å²) in [5.41, 5.74) is 5.23. The molecule has 4 nitrogen and oxygen atoms in total. The van der Waals surface area contributed by atoms with Gasteiger partial charge in [-0.15, -0.1) is 11.8 Å². The molecule has 1 aliphatic carbocycles. The summed E-state index contributed by atoms with van der Waals surface area (Å²) in [6, 6.07) is 0. The standard InChI is InChI=1S/C13H20N4S2/c1-8-11(19-7-6-18-8)13-15-10-5-3-2-4-9(10)12(16-13)17-14/h8,11H,2-7,14H2,1H3,(H,15,16,17). The first kappa shape index (κ1) is 13.5. The lowest BCUT2D eigenvalue weighted by molar-refractivity contribution is 0.652. The van der Waals surface area contributed by atoms with Gasteiger partial charge in [0.15, 0.2) is 0 Å². The Kier molecular flexibility index (Phi) is 4.19. The molecular weight excluding hydrogens is 276 g/mol. The number of hydrazine groups is 1. The van der Waals surface area contributed by atoms with E-state index >= 15 is 0 Å². The van der Waals surface area contributed by atoms with E-state index in [1.54, 1.807) is 0 Å². The Morgan fingerprint density at radius 3 is 2.74 bits per heavy atom. The van der Waals surface area contributed by atoms with Crippen LogP contribution in [0.25, 0.3) is 0 Å². The highest BCUT2D eigenvalue weighted by Gasteiger charge is 2.28. The quantitative estimate of drug-likeness (QED) is 0.646. The highest BCUT2D eigenvalue weighted by atomic mass is 32.2. The van der Waals surface area contributed by atoms with Crippen LogP contribution in [0.4, 0.5) is 5.82 Å². The van der Waals surface area contributed by atoms with Gasteiger partial charge in [-0.2, -0.15) is 11.8 Å². The molecule has 3 N–H and O–H groups in total. The monoisotopic (exact) mass is 296 g/mol. The predicted octanol–water partition coefficient (Wildman–Crippen LogP) is 2.55. The third-order valence-electron chi connectivity index (χ3n) is 3.78. The van der Waals surface area contributed by atoms with Gasteiger partial charge in [-0.3, -0.25) is 0 Å². The number of aryl methyl sites for hydroxylation is 1. The van der Waals surface area contributed by atoms with Gasteiger partial charge in [0.25, 0.3) is 0 Å². The number of thioether (sulfide) groups is 2. The van der Waals surface area contributed by atoms with Gasteiger partial charge in [-0.05, 0) is 25.7 Å². The average Bonchev–Trinajstić information content (AvgIpc) is 2.46. The fourth-order valence-electron chi connectivity index (χ4n) is 2.78. The van der Waals surface area contributed by atoms with Crippen molar-refractivity contribution in [2.75, 3.05) is 16.9 Å². The summed E-state index contributed by atoms with van der Waals surface area (Å²) in [6.45, 7) is 2.28. The maximum atomic E-state index is 5.65. The van der Waals surface area contributed by atoms with Crippen molar-refractivity contribution in [1.29, 1.82) is 0 Å². The minimum absolute atomic E-state index is 0.401. The van der Waals surface area contributed by atoms with Crippen molar-refractivity contribution in [3.8, 4) is 0 Å². The third kappa shape index (κ3) is 2.71. The van der Waals surface area contributed by atoms with Crippen molar-refractivity contribution in [3.63, 3.8) is 0 Å². The highest BCUT2D eigenvalue weighted by Crippen LogP contribution is 2.42. The van der Waals surface area contributed by atoms with Crippen molar-refractivity contribution in [3.05, 3.63) is 17.1 Å². The van der Waals surface area contributed by atoms with Crippen molar-refractivity contribution >= 4 is 29.3 Å². The van der Waals surface area contributed by atoms with Gasteiger partial charge >= 0.3 is 0 Å². The molecule has 2 unspecified atom stereocenters. The lowest BCUT2D eigenvalue weighted by atomic mass is 9.96. The summed E-state index contributed by atoms with van der Waals surface area (Å²) >= 11 is 4.00. The molecule has 6 heteroatoms. The number of hydrogen-bond acceptors (Lipinski definition) is 6. The van der Waals surface area contributed by atoms with E-state index in [9.17, 15) is 0 Å². The Labute approximate surface area is 122 Å². The molecule has 2 heterocycles. The SMILES string of the molecule is CC1SCCSC1c1nc2c(c(NN)n1)CCCC2. The summed E-state index contributed by atoms with van der Waals surface area (Å²) in [6.07, 6.45) is 4.57. The molecule has 1 aliphatic heterocycles. The van der Waals surface area contributed by atoms with Crippen LogP contribution in [-0.2, 0) is 12.8 Å². The number of fused-ring (bicyclic) bond motifs is 1. The predicted molar refractivity (Wildman–Crippen MR) is 83.6 cm³/mol. The van der Waals surface area contributed by atoms with E-state index in [1.807, 2.05) is 23.5 Å². The topological polar surface area (TPSA) is 63.8 Å². The van der Waals surface area contributed by atoms with E-state index in [2.05, 4.69) is 12.3 Å². The summed E-state index contributed by atoms with van der Waals surface area (Å²) in [5, 5.41) is 0.976. The number of nitrogens with two attached hydrogens (primary N) is 1. The van der Waals surface area contributed by atoms with Crippen molar-refractivity contribution < 1.29 is 0 Å². The molecule has 104 valence electrons. The largest absolute Gasteiger partial charge is 0.308 e. The van der Waals surface area contributed by atoms with Gasteiger partial charge in [0.1, 0.15) is 11.6 Å². The van der Waals surface area contributed by atoms with E-state index < -0.39 is 0 Å². The summed E-state index contributed by atoms with van der Waals surface area (Å²) in [7, 11) is 0. The Morgan fingerprint density at radius 1 is 1.16 bits per heavy atom. The van der Waals surface area contributed by atoms with Crippen LogP contribution in [0, 0.1) is 0 Å². The van der Waals surface area contributed by atoms with Crippen LogP contribution in [0.1, 0.15) is 42.1 Å². The zero-order chi connectivity index (χ0) is 13.2. The molecule has 0 saturated carbocycles. The Hall–Kier alpha value is -0.460. The van der Waals surface area contributed by atoms with E-state index in [4.69, 9.17) is 15.8 Å². The molecule has 19 heavy (non-hydrogen) atoms. The minimum atomic E-state index is 0.401. The number of nitrogen functional groups attached to an aromatic ring is 1. The molecule has 0 spiro atoms. The fourth-order valence-corrected chi connectivity index (χ4v) is 5.47. The average molecular weight is 296 g/mol. The first-order valence-corrected chi connectivity index (χ1v) is 8.99. The molecule has 1 aromatic heterocycles. The number of rotatable bonds is 2. The second-order valence-corrected chi connectivity index (χ2v) is 7.81. The number of nitrogens with zero attached hydrogens (tertiary/aromatic N) is 2. The lowest BCUT2D eigenvalue weighted by Gasteiger charge is -2.28. The molecule has 0 bridgehead atoms. The van der Waals surface area contributed by atoms with E-state index in [0.717, 1.165) is 24.5 Å². The van der Waals surface area contributed by atoms with Gasteiger partial charge in [-0.1, -0.05) is 6.92 Å². The summed E-state index contributed by atoms with van der Waals surface area (Å²) in [4.78, 5) is 9.55. The molecule has 0 amide bonds. The maximum Gasteiger partial charge on any atom is 0.147 e. The van der Waals surface area contributed by atoms with E-state index in [1.165, 1.54) is 35.6 Å². The van der Waals surface area contributed by atoms with Crippen LogP contribution < -0.4 is 11.3 Å². The van der Waals surface area contributed by atoms with Gasteiger partial charge in [0, 0.05) is 28.0 Å². The number of anilines is 1. The molecular formula is C13H20N4S2. The minimum Gasteiger partial charge on any atom is -0.308 e. The molecule has 3 rings (SSSR count). The second-order valence-electron chi connectivity index (χ2n) is 5.07. The zero-order valence-electron chi connectivity index (χ0n) is 11.2. The molecule has 1 aromatic rings. The highest BCUT2D eigenvalue weighted by molar-refractivity contribution is 8.06. The first-order valence-electron chi connectivity index (χ1n) is 6.89. The van der Waals surface area contributed by atoms with Crippen LogP contribution in [0.15, 0.2) is 0 Å². The molecule has 0 radical (unpaired) electrons. The Bertz CT molecular complexity index is 449. The zero-order valence-corrected chi connectivity index (χ0v) is 12.8. The van der Waals surface area contributed by atoms with Crippen LogP contribution in [-0.4, -0.2) is 26.7 Å². The summed E-state index contributed by atoms with van der Waals surface area (Å²) < 4.78 is 0. The van der Waals surface area contributed by atoms with Gasteiger partial charge < -0.3 is 5.43 Å². The Morgan fingerprint density at radius 2 is 1.95 bits per heavy atom. The smallest absolute Gasteiger partial charge is 0.147 e. The van der Waals surface area contributed by atoms with Crippen molar-refractivity contribution in [2.24, 2.45) is 5.84 Å². The molecule has 1 saturated heterocycles. The van der Waals surface area contributed by atoms with Gasteiger partial charge in [0.2, 0.25) is 0 Å². The van der Waals surface area contributed by atoms with Crippen LogP contribution in [0.3, 0.4) is 0 Å². The fraction of sp³-hybridized carbons (Fsp3) is 0.692. The molecule has 0 aromatic carbocycles. The second kappa shape index (κ2) is 5.89. The molecule has 1 fully saturated rings. The van der Waals surface area contributed by atoms with Crippen molar-refractivity contribution in [1.82, 2.24) is 9.97 Å². The van der Waals surface area contributed by atoms with E-state index in [0.29, 0.717) is 10.5 Å². The first-order chi connectivity index (χ1) is 9.29. The van der Waals surface area contributed by atoms with Crippen molar-refractivity contribution in [2.45, 2.75) is 43.1 Å². The molecule has 2 atom stereocenters. The maximum absolute atomic E-state index is 5.65. The third-order valence-corrected chi connectivity index (χ3v) is 6.87. The summed E-state index contributed by atoms with van der Waals surface area (Å²) in [5.74, 6) is 9.89. The number of nitrogens with one attached hydrogen (secondary N) is 1. The number of aromatic nitrogens is 2. The van der Waals surface area contributed by atoms with Crippen LogP contribution in [0.2, 0.25) is 0 Å². The Balaban J connectivity index is 1.97. The van der Waals surface area contributed by atoms with E-state index in [-0.39, 0.29) is 0 Å². The molecule has 2 aliphatic rings. The van der Waals surface area contributed by atoms with Crippen LogP contribution >= 0.6 is 23.5 Å².